The Morgan fingerprint density at radius 2 is 2.05 bits per heavy atom. The van der Waals surface area contributed by atoms with Gasteiger partial charge in [-0.15, -0.1) is 0 Å². The molecule has 2 fully saturated rings. The van der Waals surface area contributed by atoms with Crippen LogP contribution in [-0.4, -0.2) is 59.9 Å². The molecule has 114 valence electrons. The molecule has 2 saturated heterocycles. The molecule has 0 aromatic heterocycles. The van der Waals surface area contributed by atoms with Gasteiger partial charge in [0.05, 0.1) is 0 Å². The van der Waals surface area contributed by atoms with E-state index in [0.29, 0.717) is 5.92 Å². The Bertz CT molecular complexity index is 383. The maximum atomic E-state index is 12.4. The predicted molar refractivity (Wildman–Crippen MR) is 78.2 cm³/mol. The molecule has 2 aliphatic rings. The molecule has 3 unspecified atom stereocenters. The van der Waals surface area contributed by atoms with Gasteiger partial charge in [-0.3, -0.25) is 9.59 Å². The van der Waals surface area contributed by atoms with Crippen molar-refractivity contribution >= 4 is 11.8 Å². The van der Waals surface area contributed by atoms with Gasteiger partial charge in [-0.2, -0.15) is 0 Å². The molecule has 5 heteroatoms. The maximum Gasteiger partial charge on any atom is 0.245 e. The highest BCUT2D eigenvalue weighted by Gasteiger charge is 2.41. The fourth-order valence-corrected chi connectivity index (χ4v) is 3.38. The first-order valence-electron chi connectivity index (χ1n) is 7.77. The van der Waals surface area contributed by atoms with Gasteiger partial charge in [-0.05, 0) is 38.3 Å². The number of piperazine rings is 1. The molecule has 5 nitrogen and oxygen atoms in total. The smallest absolute Gasteiger partial charge is 0.245 e. The molecule has 0 saturated carbocycles. The monoisotopic (exact) mass is 281 g/mol. The summed E-state index contributed by atoms with van der Waals surface area (Å²) in [5.41, 5.74) is 0. The Hall–Kier alpha value is -1.10. The number of amides is 2. The lowest BCUT2D eigenvalue weighted by molar-refractivity contribution is -0.151. The summed E-state index contributed by atoms with van der Waals surface area (Å²) >= 11 is 0. The van der Waals surface area contributed by atoms with Crippen LogP contribution in [0.1, 0.15) is 34.1 Å². The zero-order chi connectivity index (χ0) is 14.9. The van der Waals surface area contributed by atoms with Gasteiger partial charge in [0.2, 0.25) is 11.8 Å². The number of hydrogen-bond acceptors (Lipinski definition) is 3. The largest absolute Gasteiger partial charge is 0.343 e. The molecule has 0 aromatic carbocycles. The average Bonchev–Trinajstić information content (AvgIpc) is 2.82. The second kappa shape index (κ2) is 6.12. The minimum Gasteiger partial charge on any atom is -0.343 e. The number of carbonyl (C=O) groups is 2. The van der Waals surface area contributed by atoms with Gasteiger partial charge in [0.1, 0.15) is 12.1 Å². The van der Waals surface area contributed by atoms with Crippen LogP contribution in [0.25, 0.3) is 0 Å². The quantitative estimate of drug-likeness (QED) is 0.825. The maximum absolute atomic E-state index is 12.4. The molecule has 0 aliphatic carbocycles. The highest BCUT2D eigenvalue weighted by atomic mass is 16.2. The minimum atomic E-state index is -0.388. The number of likely N-dealkylation sites (tertiary alicyclic amines) is 1. The van der Waals surface area contributed by atoms with Crippen molar-refractivity contribution in [2.24, 2.45) is 11.8 Å². The fourth-order valence-electron chi connectivity index (χ4n) is 3.38. The molecular formula is C15H27N3O2. The molecule has 1 N–H and O–H groups in total. The second-order valence-electron chi connectivity index (χ2n) is 6.46. The van der Waals surface area contributed by atoms with E-state index in [1.165, 1.54) is 0 Å². The summed E-state index contributed by atoms with van der Waals surface area (Å²) in [5, 5.41) is 2.79. The zero-order valence-electron chi connectivity index (χ0n) is 13.1. The first kappa shape index (κ1) is 15.3. The topological polar surface area (TPSA) is 52.6 Å². The molecule has 2 amide bonds. The van der Waals surface area contributed by atoms with Crippen LogP contribution in [0, 0.1) is 11.8 Å². The summed E-state index contributed by atoms with van der Waals surface area (Å²) in [7, 11) is 0. The van der Waals surface area contributed by atoms with E-state index in [4.69, 9.17) is 0 Å². The second-order valence-corrected chi connectivity index (χ2v) is 6.46. The molecule has 0 spiro atoms. The summed E-state index contributed by atoms with van der Waals surface area (Å²) in [6, 6.07) is -0.699. The van der Waals surface area contributed by atoms with E-state index in [1.54, 1.807) is 6.92 Å². The van der Waals surface area contributed by atoms with Crippen molar-refractivity contribution in [2.75, 3.05) is 26.2 Å². The summed E-state index contributed by atoms with van der Waals surface area (Å²) in [4.78, 5) is 28.8. The molecular weight excluding hydrogens is 254 g/mol. The lowest BCUT2D eigenvalue weighted by atomic mass is 9.95. The summed E-state index contributed by atoms with van der Waals surface area (Å²) in [6.45, 7) is 11.9. The first-order chi connectivity index (χ1) is 9.43. The highest BCUT2D eigenvalue weighted by molar-refractivity contribution is 5.96. The molecule has 2 heterocycles. The summed E-state index contributed by atoms with van der Waals surface area (Å²) < 4.78 is 0. The minimum absolute atomic E-state index is 0.00237. The van der Waals surface area contributed by atoms with Gasteiger partial charge in [0, 0.05) is 13.1 Å². The van der Waals surface area contributed by atoms with Crippen molar-refractivity contribution in [3.8, 4) is 0 Å². The Labute approximate surface area is 121 Å². The molecule has 0 radical (unpaired) electrons. The van der Waals surface area contributed by atoms with Crippen molar-refractivity contribution in [2.45, 2.75) is 46.2 Å². The van der Waals surface area contributed by atoms with E-state index in [-0.39, 0.29) is 29.8 Å². The Morgan fingerprint density at radius 3 is 2.60 bits per heavy atom. The van der Waals surface area contributed by atoms with E-state index >= 15 is 0 Å². The third kappa shape index (κ3) is 2.97. The normalized spacial score (nSPS) is 32.0. The van der Waals surface area contributed by atoms with Crippen molar-refractivity contribution in [1.29, 1.82) is 0 Å². The van der Waals surface area contributed by atoms with Crippen LogP contribution in [0.5, 0.6) is 0 Å². The van der Waals surface area contributed by atoms with E-state index in [1.807, 2.05) is 18.7 Å². The van der Waals surface area contributed by atoms with E-state index in [9.17, 15) is 9.59 Å². The third-order valence-electron chi connectivity index (χ3n) is 4.52. The van der Waals surface area contributed by atoms with Crippen LogP contribution in [-0.2, 0) is 9.59 Å². The standard InChI is InChI=1S/C15H27N3O2/c1-5-17-7-6-12(8-17)9-18-13(10(2)3)14(19)16-11(4)15(18)20/h10-13H,5-9H2,1-4H3,(H,16,19). The summed E-state index contributed by atoms with van der Waals surface area (Å²) in [6.07, 6.45) is 1.12. The van der Waals surface area contributed by atoms with Crippen LogP contribution in [0.4, 0.5) is 0 Å². The van der Waals surface area contributed by atoms with Gasteiger partial charge in [-0.1, -0.05) is 20.8 Å². The van der Waals surface area contributed by atoms with Crippen LogP contribution >= 0.6 is 0 Å². The highest BCUT2D eigenvalue weighted by Crippen LogP contribution is 2.23. The molecule has 2 rings (SSSR count). The molecule has 3 atom stereocenters. The lowest BCUT2D eigenvalue weighted by Crippen LogP contribution is -2.64. The fraction of sp³-hybridized carbons (Fsp3) is 0.867. The van der Waals surface area contributed by atoms with E-state index < -0.39 is 0 Å². The number of rotatable bonds is 4. The van der Waals surface area contributed by atoms with Crippen molar-refractivity contribution in [3.05, 3.63) is 0 Å². The lowest BCUT2D eigenvalue weighted by Gasteiger charge is -2.41. The van der Waals surface area contributed by atoms with Crippen LogP contribution in [0.2, 0.25) is 0 Å². The van der Waals surface area contributed by atoms with Gasteiger partial charge in [-0.25, -0.2) is 0 Å². The van der Waals surface area contributed by atoms with E-state index in [0.717, 1.165) is 32.6 Å². The number of carbonyl (C=O) groups excluding carboxylic acids is 2. The van der Waals surface area contributed by atoms with E-state index in [2.05, 4.69) is 17.1 Å². The number of hydrogen-bond donors (Lipinski definition) is 1. The van der Waals surface area contributed by atoms with Crippen LogP contribution in [0.3, 0.4) is 0 Å². The van der Waals surface area contributed by atoms with Crippen LogP contribution in [0.15, 0.2) is 0 Å². The van der Waals surface area contributed by atoms with Gasteiger partial charge in [0.15, 0.2) is 0 Å². The zero-order valence-corrected chi connectivity index (χ0v) is 13.1. The SMILES string of the molecule is CCN1CCC(CN2C(=O)C(C)NC(=O)C2C(C)C)C1. The molecule has 0 bridgehead atoms. The Balaban J connectivity index is 2.08. The Morgan fingerprint density at radius 1 is 1.35 bits per heavy atom. The van der Waals surface area contributed by atoms with Crippen LogP contribution < -0.4 is 5.32 Å². The molecule has 0 aromatic rings. The predicted octanol–water partition coefficient (Wildman–Crippen LogP) is 0.700. The van der Waals surface area contributed by atoms with Crippen molar-refractivity contribution in [1.82, 2.24) is 15.1 Å². The van der Waals surface area contributed by atoms with Crippen molar-refractivity contribution in [3.63, 3.8) is 0 Å². The van der Waals surface area contributed by atoms with Gasteiger partial charge >= 0.3 is 0 Å². The third-order valence-corrected chi connectivity index (χ3v) is 4.52. The number of nitrogens with one attached hydrogen (secondary N) is 1. The molecule has 2 aliphatic heterocycles. The first-order valence-corrected chi connectivity index (χ1v) is 7.77. The summed E-state index contributed by atoms with van der Waals surface area (Å²) in [5.74, 6) is 0.712. The molecule has 20 heavy (non-hydrogen) atoms. The Kier molecular flexibility index (Phi) is 4.68. The van der Waals surface area contributed by atoms with Gasteiger partial charge in [0.25, 0.3) is 0 Å². The average molecular weight is 281 g/mol. The van der Waals surface area contributed by atoms with Crippen molar-refractivity contribution < 1.29 is 9.59 Å². The van der Waals surface area contributed by atoms with Gasteiger partial charge < -0.3 is 15.1 Å². The number of nitrogens with zero attached hydrogens (tertiary/aromatic N) is 2.